The number of carbonyl (C=O) groups is 1. The fourth-order valence-corrected chi connectivity index (χ4v) is 2.18. The van der Waals surface area contributed by atoms with Gasteiger partial charge in [0.05, 0.1) is 6.54 Å². The summed E-state index contributed by atoms with van der Waals surface area (Å²) in [5, 5.41) is 7.02. The highest BCUT2D eigenvalue weighted by molar-refractivity contribution is 7.98. The fourth-order valence-electron chi connectivity index (χ4n) is 1.80. The second-order valence-corrected chi connectivity index (χ2v) is 5.24. The fraction of sp³-hybridized carbons (Fsp3) is 0.643. The molecule has 0 radical (unpaired) electrons. The summed E-state index contributed by atoms with van der Waals surface area (Å²) in [6, 6.07) is 1.84. The van der Waals surface area contributed by atoms with Crippen LogP contribution in [0.2, 0.25) is 0 Å². The number of hydrogen-bond donors (Lipinski definition) is 2. The molecule has 6 nitrogen and oxygen atoms in total. The third kappa shape index (κ3) is 5.79. The van der Waals surface area contributed by atoms with Gasteiger partial charge in [0, 0.05) is 25.7 Å². The van der Waals surface area contributed by atoms with Gasteiger partial charge in [-0.1, -0.05) is 18.7 Å². The number of thioether (sulfide) groups is 1. The number of anilines is 2. The molecule has 1 aromatic rings. The molecule has 0 unspecified atom stereocenters. The minimum absolute atomic E-state index is 0.0763. The molecule has 2 N–H and O–H groups in total. The van der Waals surface area contributed by atoms with Crippen molar-refractivity contribution in [3.63, 3.8) is 0 Å². The third-order valence-corrected chi connectivity index (χ3v) is 3.53. The van der Waals surface area contributed by atoms with E-state index in [0.717, 1.165) is 31.9 Å². The average Bonchev–Trinajstić information content (AvgIpc) is 2.51. The van der Waals surface area contributed by atoms with Crippen molar-refractivity contribution in [1.82, 2.24) is 14.9 Å². The van der Waals surface area contributed by atoms with Gasteiger partial charge in [-0.15, -0.1) is 0 Å². The van der Waals surface area contributed by atoms with Crippen LogP contribution in [0.15, 0.2) is 11.2 Å². The van der Waals surface area contributed by atoms with Crippen LogP contribution in [0.1, 0.15) is 27.2 Å². The van der Waals surface area contributed by atoms with Crippen molar-refractivity contribution in [3.8, 4) is 0 Å². The lowest BCUT2D eigenvalue weighted by atomic mass is 10.4. The van der Waals surface area contributed by atoms with Crippen LogP contribution >= 0.6 is 11.8 Å². The van der Waals surface area contributed by atoms with Gasteiger partial charge in [-0.05, 0) is 26.5 Å². The molecule has 1 heterocycles. The first-order valence-corrected chi connectivity index (χ1v) is 8.55. The third-order valence-electron chi connectivity index (χ3n) is 2.98. The van der Waals surface area contributed by atoms with E-state index in [9.17, 15) is 4.79 Å². The molecule has 0 aliphatic heterocycles. The minimum atomic E-state index is 0.0763. The number of likely N-dealkylation sites (N-methyl/N-ethyl adjacent to an activating group) is 1. The normalized spacial score (nSPS) is 10.3. The van der Waals surface area contributed by atoms with Gasteiger partial charge in [0.2, 0.25) is 5.91 Å². The molecule has 0 bridgehead atoms. The molecule has 0 saturated carbocycles. The maximum absolute atomic E-state index is 12.0. The van der Waals surface area contributed by atoms with Crippen LogP contribution in [-0.2, 0) is 4.79 Å². The van der Waals surface area contributed by atoms with Crippen LogP contribution in [0, 0.1) is 0 Å². The van der Waals surface area contributed by atoms with Gasteiger partial charge in [-0.2, -0.15) is 0 Å². The number of rotatable bonds is 9. The Morgan fingerprint density at radius 3 is 2.33 bits per heavy atom. The second-order valence-electron chi connectivity index (χ2n) is 4.47. The molecule has 0 aliphatic rings. The molecule has 0 atom stereocenters. The molecule has 1 aromatic heterocycles. The summed E-state index contributed by atoms with van der Waals surface area (Å²) < 4.78 is 0. The van der Waals surface area contributed by atoms with E-state index in [0.29, 0.717) is 11.0 Å². The van der Waals surface area contributed by atoms with E-state index in [1.807, 2.05) is 26.2 Å². The van der Waals surface area contributed by atoms with Crippen LogP contribution in [0.3, 0.4) is 0 Å². The lowest BCUT2D eigenvalue weighted by molar-refractivity contribution is -0.128. The van der Waals surface area contributed by atoms with Crippen molar-refractivity contribution < 1.29 is 4.79 Å². The van der Waals surface area contributed by atoms with Crippen molar-refractivity contribution in [2.75, 3.05) is 43.1 Å². The largest absolute Gasteiger partial charge is 0.370 e. The number of nitrogens with one attached hydrogen (secondary N) is 2. The van der Waals surface area contributed by atoms with Gasteiger partial charge >= 0.3 is 0 Å². The molecule has 118 valence electrons. The molecule has 7 heteroatoms. The van der Waals surface area contributed by atoms with Crippen molar-refractivity contribution in [2.45, 2.75) is 32.3 Å². The Bertz CT molecular complexity index is 451. The minimum Gasteiger partial charge on any atom is -0.370 e. The Labute approximate surface area is 131 Å². The number of carbonyl (C=O) groups excluding carboxylic acids is 1. The van der Waals surface area contributed by atoms with Gasteiger partial charge in [0.1, 0.15) is 11.6 Å². The SMILES string of the molecule is CCCNc1cc(NCC(=O)N(CC)CC)nc(SC)n1. The quantitative estimate of drug-likeness (QED) is 0.539. The van der Waals surface area contributed by atoms with E-state index in [1.54, 1.807) is 4.90 Å². The molecule has 21 heavy (non-hydrogen) atoms. The zero-order valence-corrected chi connectivity index (χ0v) is 14.1. The monoisotopic (exact) mass is 311 g/mol. The van der Waals surface area contributed by atoms with E-state index in [-0.39, 0.29) is 12.5 Å². The van der Waals surface area contributed by atoms with E-state index in [2.05, 4.69) is 27.5 Å². The summed E-state index contributed by atoms with van der Waals surface area (Å²) >= 11 is 1.48. The summed E-state index contributed by atoms with van der Waals surface area (Å²) in [5.74, 6) is 1.54. The predicted octanol–water partition coefficient (Wildman–Crippen LogP) is 2.30. The molecule has 1 amide bonds. The summed E-state index contributed by atoms with van der Waals surface area (Å²) in [4.78, 5) is 22.5. The smallest absolute Gasteiger partial charge is 0.241 e. The van der Waals surface area contributed by atoms with Crippen LogP contribution in [0.4, 0.5) is 11.6 Å². The zero-order chi connectivity index (χ0) is 15.7. The molecular formula is C14H25N5OS. The number of hydrogen-bond acceptors (Lipinski definition) is 6. The zero-order valence-electron chi connectivity index (χ0n) is 13.3. The summed E-state index contributed by atoms with van der Waals surface area (Å²) in [5.41, 5.74) is 0. The lowest BCUT2D eigenvalue weighted by Crippen LogP contribution is -2.35. The maximum atomic E-state index is 12.0. The van der Waals surface area contributed by atoms with Crippen molar-refractivity contribution >= 4 is 29.3 Å². The van der Waals surface area contributed by atoms with Gasteiger partial charge in [-0.25, -0.2) is 9.97 Å². The molecule has 0 saturated heterocycles. The standard InChI is InChI=1S/C14H25N5OS/c1-5-8-15-11-9-12(18-14(17-11)21-4)16-10-13(20)19(6-2)7-3/h9H,5-8,10H2,1-4H3,(H2,15,16,17,18). The summed E-state index contributed by atoms with van der Waals surface area (Å²) in [6.45, 7) is 8.61. The highest BCUT2D eigenvalue weighted by atomic mass is 32.2. The van der Waals surface area contributed by atoms with E-state index >= 15 is 0 Å². The topological polar surface area (TPSA) is 70.2 Å². The van der Waals surface area contributed by atoms with Crippen LogP contribution in [0.25, 0.3) is 0 Å². The maximum Gasteiger partial charge on any atom is 0.241 e. The predicted molar refractivity (Wildman–Crippen MR) is 89.0 cm³/mol. The first-order valence-electron chi connectivity index (χ1n) is 7.33. The first kappa shape index (κ1) is 17.6. The Kier molecular flexibility index (Phi) is 7.89. The van der Waals surface area contributed by atoms with E-state index in [4.69, 9.17) is 0 Å². The number of amides is 1. The molecule has 0 fully saturated rings. The summed E-state index contributed by atoms with van der Waals surface area (Å²) in [6.07, 6.45) is 2.96. The Hall–Kier alpha value is -1.50. The molecule has 0 aliphatic carbocycles. The first-order chi connectivity index (χ1) is 10.1. The highest BCUT2D eigenvalue weighted by Crippen LogP contribution is 2.17. The van der Waals surface area contributed by atoms with Gasteiger partial charge < -0.3 is 15.5 Å². The molecule has 0 spiro atoms. The highest BCUT2D eigenvalue weighted by Gasteiger charge is 2.10. The van der Waals surface area contributed by atoms with E-state index in [1.165, 1.54) is 11.8 Å². The average molecular weight is 311 g/mol. The van der Waals surface area contributed by atoms with Crippen LogP contribution in [-0.4, -0.2) is 53.2 Å². The van der Waals surface area contributed by atoms with Crippen molar-refractivity contribution in [3.05, 3.63) is 6.07 Å². The van der Waals surface area contributed by atoms with Crippen LogP contribution < -0.4 is 10.6 Å². The Morgan fingerprint density at radius 1 is 1.19 bits per heavy atom. The van der Waals surface area contributed by atoms with Gasteiger partial charge in [0.15, 0.2) is 5.16 Å². The Morgan fingerprint density at radius 2 is 1.81 bits per heavy atom. The Balaban J connectivity index is 2.71. The van der Waals surface area contributed by atoms with Crippen molar-refractivity contribution in [2.24, 2.45) is 0 Å². The molecular weight excluding hydrogens is 286 g/mol. The van der Waals surface area contributed by atoms with Crippen LogP contribution in [0.5, 0.6) is 0 Å². The van der Waals surface area contributed by atoms with E-state index < -0.39 is 0 Å². The van der Waals surface area contributed by atoms with Crippen molar-refractivity contribution in [1.29, 1.82) is 0 Å². The second kappa shape index (κ2) is 9.44. The molecule has 1 rings (SSSR count). The molecule has 0 aromatic carbocycles. The summed E-state index contributed by atoms with van der Waals surface area (Å²) in [7, 11) is 0. The van der Waals surface area contributed by atoms with Gasteiger partial charge in [-0.3, -0.25) is 4.79 Å². The number of aromatic nitrogens is 2. The number of nitrogens with zero attached hydrogens (tertiary/aromatic N) is 3. The van der Waals surface area contributed by atoms with Gasteiger partial charge in [0.25, 0.3) is 0 Å². The lowest BCUT2D eigenvalue weighted by Gasteiger charge is -2.19.